The van der Waals surface area contributed by atoms with E-state index in [0.717, 1.165) is 11.1 Å². The highest BCUT2D eigenvalue weighted by Gasteiger charge is 2.12. The Morgan fingerprint density at radius 1 is 0.875 bits per heavy atom. The standard InChI is InChI=1S/C14H10FN/c15-13-8-6-12(7-9-13)14(10-16)11-4-2-1-3-5-11/h1-9,14H/t14-/m1/s1. The Bertz CT molecular complexity index is 497. The Morgan fingerprint density at radius 3 is 2.00 bits per heavy atom. The van der Waals surface area contributed by atoms with Gasteiger partial charge in [0.05, 0.1) is 12.0 Å². The lowest BCUT2D eigenvalue weighted by Gasteiger charge is -2.09. The minimum absolute atomic E-state index is 0.284. The first-order valence-corrected chi connectivity index (χ1v) is 5.01. The Hall–Kier alpha value is -2.14. The van der Waals surface area contributed by atoms with Crippen molar-refractivity contribution in [3.05, 3.63) is 71.5 Å². The van der Waals surface area contributed by atoms with Crippen molar-refractivity contribution in [1.29, 1.82) is 5.26 Å². The molecule has 0 aliphatic carbocycles. The van der Waals surface area contributed by atoms with E-state index in [1.165, 1.54) is 12.1 Å². The molecule has 0 heterocycles. The Balaban J connectivity index is 2.38. The SMILES string of the molecule is N#C[C@H](c1ccccc1)c1ccc(F)cc1. The van der Waals surface area contributed by atoms with Gasteiger partial charge in [0, 0.05) is 0 Å². The number of halogens is 1. The average Bonchev–Trinajstić information content (AvgIpc) is 2.34. The molecule has 2 heteroatoms. The van der Waals surface area contributed by atoms with Crippen molar-refractivity contribution >= 4 is 0 Å². The molecule has 2 aromatic rings. The summed E-state index contributed by atoms with van der Waals surface area (Å²) in [5.74, 6) is -0.615. The number of nitrogens with zero attached hydrogens (tertiary/aromatic N) is 1. The van der Waals surface area contributed by atoms with Crippen molar-refractivity contribution in [1.82, 2.24) is 0 Å². The molecule has 0 fully saturated rings. The first-order chi connectivity index (χ1) is 7.81. The van der Waals surface area contributed by atoms with Gasteiger partial charge < -0.3 is 0 Å². The molecule has 0 radical (unpaired) electrons. The molecule has 1 atom stereocenters. The second-order valence-corrected chi connectivity index (χ2v) is 3.52. The lowest BCUT2D eigenvalue weighted by molar-refractivity contribution is 0.627. The fourth-order valence-electron chi connectivity index (χ4n) is 1.64. The van der Waals surface area contributed by atoms with Gasteiger partial charge >= 0.3 is 0 Å². The smallest absolute Gasteiger partial charge is 0.123 e. The van der Waals surface area contributed by atoms with Gasteiger partial charge in [-0.15, -0.1) is 0 Å². The number of rotatable bonds is 2. The third-order valence-electron chi connectivity index (χ3n) is 2.47. The fraction of sp³-hybridized carbons (Fsp3) is 0.0714. The number of nitriles is 1. The van der Waals surface area contributed by atoms with Gasteiger partial charge in [-0.1, -0.05) is 42.5 Å². The molecule has 0 aromatic heterocycles. The predicted molar refractivity (Wildman–Crippen MR) is 60.3 cm³/mol. The molecule has 0 saturated heterocycles. The molecule has 2 rings (SSSR count). The maximum Gasteiger partial charge on any atom is 0.123 e. The van der Waals surface area contributed by atoms with Crippen LogP contribution in [0, 0.1) is 17.1 Å². The summed E-state index contributed by atoms with van der Waals surface area (Å²) in [5.41, 5.74) is 1.74. The summed E-state index contributed by atoms with van der Waals surface area (Å²) in [6.45, 7) is 0. The van der Waals surface area contributed by atoms with Gasteiger partial charge in [-0.3, -0.25) is 0 Å². The van der Waals surface area contributed by atoms with Crippen LogP contribution < -0.4 is 0 Å². The van der Waals surface area contributed by atoms with Crippen molar-refractivity contribution in [3.63, 3.8) is 0 Å². The highest BCUT2D eigenvalue weighted by molar-refractivity contribution is 5.37. The van der Waals surface area contributed by atoms with Crippen LogP contribution in [0.15, 0.2) is 54.6 Å². The van der Waals surface area contributed by atoms with E-state index in [2.05, 4.69) is 6.07 Å². The van der Waals surface area contributed by atoms with Crippen LogP contribution >= 0.6 is 0 Å². The summed E-state index contributed by atoms with van der Waals surface area (Å²) in [6, 6.07) is 17.8. The van der Waals surface area contributed by atoms with Crippen LogP contribution in [-0.4, -0.2) is 0 Å². The van der Waals surface area contributed by atoms with Crippen LogP contribution in [0.5, 0.6) is 0 Å². The fourth-order valence-corrected chi connectivity index (χ4v) is 1.64. The Labute approximate surface area is 93.8 Å². The monoisotopic (exact) mass is 211 g/mol. The van der Waals surface area contributed by atoms with E-state index in [9.17, 15) is 4.39 Å². The van der Waals surface area contributed by atoms with Crippen molar-refractivity contribution < 1.29 is 4.39 Å². The molecular formula is C14H10FN. The third kappa shape index (κ3) is 2.09. The molecule has 0 saturated carbocycles. The molecule has 0 aliphatic rings. The molecule has 0 aliphatic heterocycles. The topological polar surface area (TPSA) is 23.8 Å². The predicted octanol–water partition coefficient (Wildman–Crippen LogP) is 3.48. The second kappa shape index (κ2) is 4.59. The van der Waals surface area contributed by atoms with E-state index < -0.39 is 0 Å². The van der Waals surface area contributed by atoms with Gasteiger partial charge in [0.15, 0.2) is 0 Å². The lowest BCUT2D eigenvalue weighted by atomic mass is 9.93. The largest absolute Gasteiger partial charge is 0.207 e. The quantitative estimate of drug-likeness (QED) is 0.746. The zero-order chi connectivity index (χ0) is 11.4. The molecule has 0 N–H and O–H groups in total. The van der Waals surface area contributed by atoms with Crippen LogP contribution in [0.25, 0.3) is 0 Å². The maximum absolute atomic E-state index is 12.8. The van der Waals surface area contributed by atoms with Gasteiger partial charge in [-0.05, 0) is 23.3 Å². The summed E-state index contributed by atoms with van der Waals surface area (Å²) in [6.07, 6.45) is 0. The zero-order valence-corrected chi connectivity index (χ0v) is 8.60. The molecule has 1 nitrogen and oxygen atoms in total. The first-order valence-electron chi connectivity index (χ1n) is 5.01. The summed E-state index contributed by atoms with van der Waals surface area (Å²) in [7, 11) is 0. The summed E-state index contributed by atoms with van der Waals surface area (Å²) in [4.78, 5) is 0. The maximum atomic E-state index is 12.8. The highest BCUT2D eigenvalue weighted by Crippen LogP contribution is 2.23. The van der Waals surface area contributed by atoms with E-state index >= 15 is 0 Å². The minimum atomic E-state index is -0.332. The summed E-state index contributed by atoms with van der Waals surface area (Å²) in [5, 5.41) is 9.16. The van der Waals surface area contributed by atoms with Gasteiger partial charge in [0.1, 0.15) is 5.82 Å². The average molecular weight is 211 g/mol. The lowest BCUT2D eigenvalue weighted by Crippen LogP contribution is -1.97. The van der Waals surface area contributed by atoms with Gasteiger partial charge in [0.25, 0.3) is 0 Å². The van der Waals surface area contributed by atoms with Crippen molar-refractivity contribution in [2.75, 3.05) is 0 Å². The zero-order valence-electron chi connectivity index (χ0n) is 8.60. The molecule has 0 spiro atoms. The second-order valence-electron chi connectivity index (χ2n) is 3.52. The van der Waals surface area contributed by atoms with E-state index in [0.29, 0.717) is 0 Å². The first kappa shape index (κ1) is 10.4. The summed E-state index contributed by atoms with van der Waals surface area (Å²) >= 11 is 0. The van der Waals surface area contributed by atoms with Crippen LogP contribution in [0.2, 0.25) is 0 Å². The van der Waals surface area contributed by atoms with E-state index in [4.69, 9.17) is 5.26 Å². The van der Waals surface area contributed by atoms with Crippen molar-refractivity contribution in [2.24, 2.45) is 0 Å². The van der Waals surface area contributed by atoms with Crippen LogP contribution in [0.1, 0.15) is 17.0 Å². The molecule has 0 bridgehead atoms. The van der Waals surface area contributed by atoms with Gasteiger partial charge in [-0.25, -0.2) is 4.39 Å². The van der Waals surface area contributed by atoms with E-state index in [1.54, 1.807) is 12.1 Å². The molecule has 16 heavy (non-hydrogen) atoms. The van der Waals surface area contributed by atoms with Crippen molar-refractivity contribution in [2.45, 2.75) is 5.92 Å². The number of hydrogen-bond donors (Lipinski definition) is 0. The van der Waals surface area contributed by atoms with Gasteiger partial charge in [0.2, 0.25) is 0 Å². The number of benzene rings is 2. The van der Waals surface area contributed by atoms with Crippen LogP contribution in [0.4, 0.5) is 4.39 Å². The Morgan fingerprint density at radius 2 is 1.44 bits per heavy atom. The van der Waals surface area contributed by atoms with E-state index in [-0.39, 0.29) is 11.7 Å². The number of hydrogen-bond acceptors (Lipinski definition) is 1. The molecule has 0 amide bonds. The molecule has 78 valence electrons. The van der Waals surface area contributed by atoms with E-state index in [1.807, 2.05) is 30.3 Å². The van der Waals surface area contributed by atoms with Gasteiger partial charge in [-0.2, -0.15) is 5.26 Å². The van der Waals surface area contributed by atoms with Crippen molar-refractivity contribution in [3.8, 4) is 6.07 Å². The molecule has 0 unspecified atom stereocenters. The normalized spacial score (nSPS) is 11.8. The van der Waals surface area contributed by atoms with Crippen LogP contribution in [0.3, 0.4) is 0 Å². The summed E-state index contributed by atoms with van der Waals surface area (Å²) < 4.78 is 12.8. The minimum Gasteiger partial charge on any atom is -0.207 e. The Kier molecular flexibility index (Phi) is 2.98. The molecule has 2 aromatic carbocycles. The third-order valence-corrected chi connectivity index (χ3v) is 2.47. The highest BCUT2D eigenvalue weighted by atomic mass is 19.1. The molecular weight excluding hydrogens is 201 g/mol. The van der Waals surface area contributed by atoms with Crippen LogP contribution in [-0.2, 0) is 0 Å².